The summed E-state index contributed by atoms with van der Waals surface area (Å²) in [5.74, 6) is 2.41. The summed E-state index contributed by atoms with van der Waals surface area (Å²) in [6.45, 7) is 5.58. The second-order valence-corrected chi connectivity index (χ2v) is 5.04. The van der Waals surface area contributed by atoms with Gasteiger partial charge in [-0.25, -0.2) is 0 Å². The van der Waals surface area contributed by atoms with Gasteiger partial charge in [0.05, 0.1) is 0 Å². The van der Waals surface area contributed by atoms with Crippen LogP contribution in [0.5, 0.6) is 0 Å². The van der Waals surface area contributed by atoms with Gasteiger partial charge in [-0.3, -0.25) is 0 Å². The normalized spacial score (nSPS) is 30.5. The van der Waals surface area contributed by atoms with Crippen molar-refractivity contribution in [3.63, 3.8) is 0 Å². The minimum atomic E-state index is 0.211. The Bertz CT molecular complexity index is 363. The van der Waals surface area contributed by atoms with E-state index in [1.165, 1.54) is 30.9 Å². The molecule has 1 saturated heterocycles. The highest BCUT2D eigenvalue weighted by Gasteiger charge is 2.36. The number of nitrogens with zero attached hydrogens (tertiary/aromatic N) is 3. The van der Waals surface area contributed by atoms with E-state index in [2.05, 4.69) is 27.0 Å². The topological polar surface area (TPSA) is 42.7 Å². The average molecular weight is 206 g/mol. The zero-order valence-electron chi connectivity index (χ0n) is 9.29. The maximum Gasteiger partial charge on any atom is 0.140 e. The lowest BCUT2D eigenvalue weighted by atomic mass is 9.88. The maximum atomic E-state index is 4.42. The van der Waals surface area contributed by atoms with E-state index in [0.29, 0.717) is 0 Å². The molecule has 4 nitrogen and oxygen atoms in total. The number of nitrogens with one attached hydrogen (secondary N) is 1. The molecular weight excluding hydrogens is 188 g/mol. The molecule has 1 aromatic heterocycles. The summed E-state index contributed by atoms with van der Waals surface area (Å²) in [6.07, 6.45) is 4.84. The van der Waals surface area contributed by atoms with E-state index in [4.69, 9.17) is 0 Å². The predicted molar refractivity (Wildman–Crippen MR) is 57.8 cm³/mol. The van der Waals surface area contributed by atoms with E-state index in [1.54, 1.807) is 0 Å². The maximum absolute atomic E-state index is 4.42. The fourth-order valence-corrected chi connectivity index (χ4v) is 2.76. The molecule has 3 heterocycles. The fourth-order valence-electron chi connectivity index (χ4n) is 2.76. The number of aromatic nitrogens is 3. The van der Waals surface area contributed by atoms with E-state index in [9.17, 15) is 0 Å². The van der Waals surface area contributed by atoms with E-state index >= 15 is 0 Å². The highest BCUT2D eigenvalue weighted by Crippen LogP contribution is 2.30. The molecule has 0 radical (unpaired) electrons. The summed E-state index contributed by atoms with van der Waals surface area (Å²) >= 11 is 0. The highest BCUT2D eigenvalue weighted by atomic mass is 15.3. The fraction of sp³-hybridized carbons (Fsp3) is 0.818. The Morgan fingerprint density at radius 2 is 2.27 bits per heavy atom. The first-order chi connectivity index (χ1) is 7.30. The van der Waals surface area contributed by atoms with Crippen LogP contribution >= 0.6 is 0 Å². The van der Waals surface area contributed by atoms with Crippen LogP contribution in [-0.2, 0) is 18.4 Å². The Balaban J connectivity index is 2.00. The van der Waals surface area contributed by atoms with Crippen LogP contribution in [-0.4, -0.2) is 27.9 Å². The van der Waals surface area contributed by atoms with Gasteiger partial charge in [-0.1, -0.05) is 6.92 Å². The molecule has 2 aliphatic rings. The molecule has 0 aliphatic carbocycles. The second-order valence-electron chi connectivity index (χ2n) is 5.04. The van der Waals surface area contributed by atoms with Crippen molar-refractivity contribution < 1.29 is 0 Å². The van der Waals surface area contributed by atoms with Crippen LogP contribution in [0.1, 0.15) is 37.8 Å². The Kier molecular flexibility index (Phi) is 2.06. The summed E-state index contributed by atoms with van der Waals surface area (Å²) in [7, 11) is 0. The third-order valence-electron chi connectivity index (χ3n) is 3.77. The molecule has 3 rings (SSSR count). The number of aryl methyl sites for hydroxylation is 1. The molecule has 0 aromatic carbocycles. The summed E-state index contributed by atoms with van der Waals surface area (Å²) < 4.78 is 2.36. The third-order valence-corrected chi connectivity index (χ3v) is 3.77. The van der Waals surface area contributed by atoms with Crippen molar-refractivity contribution in [2.75, 3.05) is 13.1 Å². The zero-order valence-corrected chi connectivity index (χ0v) is 9.29. The van der Waals surface area contributed by atoms with Gasteiger partial charge in [-0.15, -0.1) is 10.2 Å². The van der Waals surface area contributed by atoms with Crippen molar-refractivity contribution in [3.05, 3.63) is 11.6 Å². The molecule has 4 heteroatoms. The van der Waals surface area contributed by atoms with E-state index < -0.39 is 0 Å². The monoisotopic (exact) mass is 206 g/mol. The second kappa shape index (κ2) is 3.30. The number of hydrogen-bond acceptors (Lipinski definition) is 3. The largest absolute Gasteiger partial charge is 0.316 e. The van der Waals surface area contributed by atoms with Crippen molar-refractivity contribution in [3.8, 4) is 0 Å². The molecule has 0 spiro atoms. The molecule has 1 unspecified atom stereocenters. The van der Waals surface area contributed by atoms with Crippen molar-refractivity contribution >= 4 is 0 Å². The first kappa shape index (κ1) is 9.33. The van der Waals surface area contributed by atoms with Gasteiger partial charge in [0, 0.05) is 24.9 Å². The van der Waals surface area contributed by atoms with Gasteiger partial charge in [0.25, 0.3) is 0 Å². The summed E-state index contributed by atoms with van der Waals surface area (Å²) in [5, 5.41) is 12.2. The third kappa shape index (κ3) is 1.39. The van der Waals surface area contributed by atoms with Gasteiger partial charge in [0.15, 0.2) is 0 Å². The summed E-state index contributed by atoms with van der Waals surface area (Å²) in [4.78, 5) is 0. The van der Waals surface area contributed by atoms with Crippen LogP contribution in [0.25, 0.3) is 0 Å². The van der Waals surface area contributed by atoms with Gasteiger partial charge in [0.2, 0.25) is 0 Å². The van der Waals surface area contributed by atoms with Crippen LogP contribution in [0.4, 0.5) is 0 Å². The minimum Gasteiger partial charge on any atom is -0.316 e. The van der Waals surface area contributed by atoms with E-state index in [0.717, 1.165) is 26.1 Å². The van der Waals surface area contributed by atoms with Gasteiger partial charge < -0.3 is 9.88 Å². The molecule has 1 fully saturated rings. The van der Waals surface area contributed by atoms with Gasteiger partial charge in [-0.05, 0) is 25.8 Å². The zero-order chi connectivity index (χ0) is 10.3. The first-order valence-corrected chi connectivity index (χ1v) is 5.93. The quantitative estimate of drug-likeness (QED) is 0.741. The Morgan fingerprint density at radius 3 is 3.07 bits per heavy atom. The Labute approximate surface area is 90.1 Å². The van der Waals surface area contributed by atoms with Crippen molar-refractivity contribution in [1.82, 2.24) is 20.1 Å². The molecular formula is C11H18N4. The molecule has 1 aromatic rings. The summed E-state index contributed by atoms with van der Waals surface area (Å²) in [5.41, 5.74) is 0.211. The van der Waals surface area contributed by atoms with Crippen LogP contribution in [0, 0.1) is 0 Å². The van der Waals surface area contributed by atoms with Crippen LogP contribution in [0.2, 0.25) is 0 Å². The SMILES string of the molecule is CC1(c2nnc3n2CCCC3)CCNC1. The van der Waals surface area contributed by atoms with Gasteiger partial charge >= 0.3 is 0 Å². The standard InChI is InChI=1S/C11H18N4/c1-11(5-6-12-8-11)10-14-13-9-4-2-3-7-15(9)10/h12H,2-8H2,1H3. The lowest BCUT2D eigenvalue weighted by Crippen LogP contribution is -2.30. The predicted octanol–water partition coefficient (Wildman–Crippen LogP) is 0.865. The van der Waals surface area contributed by atoms with E-state index in [-0.39, 0.29) is 5.41 Å². The molecule has 0 amide bonds. The van der Waals surface area contributed by atoms with Crippen molar-refractivity contribution in [2.45, 2.75) is 44.6 Å². The lowest BCUT2D eigenvalue weighted by Gasteiger charge is -2.24. The molecule has 82 valence electrons. The highest BCUT2D eigenvalue weighted by molar-refractivity contribution is 5.14. The van der Waals surface area contributed by atoms with E-state index in [1.807, 2.05) is 0 Å². The van der Waals surface area contributed by atoms with Crippen molar-refractivity contribution in [1.29, 1.82) is 0 Å². The molecule has 2 aliphatic heterocycles. The smallest absolute Gasteiger partial charge is 0.140 e. The minimum absolute atomic E-state index is 0.211. The first-order valence-electron chi connectivity index (χ1n) is 5.93. The molecule has 15 heavy (non-hydrogen) atoms. The Hall–Kier alpha value is -0.900. The molecule has 1 N–H and O–H groups in total. The van der Waals surface area contributed by atoms with Crippen molar-refractivity contribution in [2.24, 2.45) is 0 Å². The number of rotatable bonds is 1. The van der Waals surface area contributed by atoms with Crippen LogP contribution in [0.15, 0.2) is 0 Å². The van der Waals surface area contributed by atoms with Crippen LogP contribution in [0.3, 0.4) is 0 Å². The van der Waals surface area contributed by atoms with Crippen LogP contribution < -0.4 is 5.32 Å². The average Bonchev–Trinajstić information content (AvgIpc) is 2.84. The Morgan fingerprint density at radius 1 is 1.33 bits per heavy atom. The molecule has 0 saturated carbocycles. The number of fused-ring (bicyclic) bond motifs is 1. The number of hydrogen-bond donors (Lipinski definition) is 1. The lowest BCUT2D eigenvalue weighted by molar-refractivity contribution is 0.427. The summed E-state index contributed by atoms with van der Waals surface area (Å²) in [6, 6.07) is 0. The molecule has 1 atom stereocenters. The van der Waals surface area contributed by atoms with Gasteiger partial charge in [0.1, 0.15) is 11.6 Å². The molecule has 0 bridgehead atoms. The van der Waals surface area contributed by atoms with Gasteiger partial charge in [-0.2, -0.15) is 0 Å².